The van der Waals surface area contributed by atoms with Crippen LogP contribution in [-0.4, -0.2) is 27.3 Å². The molecular weight excluding hydrogens is 255 g/mol. The summed E-state index contributed by atoms with van der Waals surface area (Å²) >= 11 is 0. The molecule has 0 aromatic rings. The molecule has 0 aliphatic rings. The van der Waals surface area contributed by atoms with Crippen molar-refractivity contribution in [2.24, 2.45) is 0 Å². The van der Waals surface area contributed by atoms with Crippen LogP contribution in [-0.2, 0) is 0 Å². The van der Waals surface area contributed by atoms with E-state index in [1.54, 1.807) is 0 Å². The first-order chi connectivity index (χ1) is 1.91. The normalized spacial score (nSPS) is 5.00. The van der Waals surface area contributed by atoms with Crippen molar-refractivity contribution in [2.45, 2.75) is 13.3 Å². The first kappa shape index (κ1) is 9.18. The Morgan fingerprint density at radius 1 is 1.80 bits per heavy atom. The van der Waals surface area contributed by atoms with Gasteiger partial charge in [0.25, 0.3) is 0 Å². The minimum atomic E-state index is 0. The Kier molecular flexibility index (Phi) is 16.2. The summed E-state index contributed by atoms with van der Waals surface area (Å²) in [5, 5.41) is 0. The summed E-state index contributed by atoms with van der Waals surface area (Å²) in [6.45, 7) is 5.54. The molecule has 0 fully saturated rings. The fourth-order valence-electron chi connectivity index (χ4n) is 0. The second kappa shape index (κ2) is 8.82. The van der Waals surface area contributed by atoms with Crippen LogP contribution >= 0.6 is 0 Å². The van der Waals surface area contributed by atoms with E-state index in [1.165, 1.54) is 0 Å². The van der Waals surface area contributed by atoms with Crippen molar-refractivity contribution in [3.8, 4) is 0 Å². The molecule has 30 valence electrons. The maximum absolute atomic E-state index is 3.48. The molecule has 0 heterocycles. The molecule has 0 atom stereocenters. The first-order valence-electron chi connectivity index (χ1n) is 1.52. The van der Waals surface area contributed by atoms with E-state index in [-0.39, 0.29) is 27.3 Å². The fraction of sp³-hybridized carbons (Fsp3) is 0.500. The summed E-state index contributed by atoms with van der Waals surface area (Å²) in [7, 11) is 0. The van der Waals surface area contributed by atoms with E-state index in [9.17, 15) is 0 Å². The molecule has 0 aromatic carbocycles. The molecule has 0 aliphatic carbocycles. The van der Waals surface area contributed by atoms with Gasteiger partial charge < -0.3 is 0 Å². The van der Waals surface area contributed by atoms with Crippen molar-refractivity contribution in [2.75, 3.05) is 0 Å². The Morgan fingerprint density at radius 3 is 2.00 bits per heavy atom. The van der Waals surface area contributed by atoms with Gasteiger partial charge in [0.2, 0.25) is 0 Å². The van der Waals surface area contributed by atoms with Gasteiger partial charge in [-0.2, -0.15) is 0 Å². The Balaban J connectivity index is 0. The van der Waals surface area contributed by atoms with Crippen LogP contribution in [0, 0.1) is 0 Å². The topological polar surface area (TPSA) is 0 Å². The van der Waals surface area contributed by atoms with Gasteiger partial charge in [-0.3, -0.25) is 0 Å². The van der Waals surface area contributed by atoms with Crippen LogP contribution in [0.5, 0.6) is 0 Å². The first-order valence-corrected chi connectivity index (χ1v) is 1.52. The molecule has 0 aliphatic heterocycles. The zero-order chi connectivity index (χ0) is 3.41. The van der Waals surface area contributed by atoms with Gasteiger partial charge in [-0.05, 0) is 6.42 Å². The summed E-state index contributed by atoms with van der Waals surface area (Å²) in [4.78, 5) is 0. The third-order valence-electron chi connectivity index (χ3n) is 0.289. The fourth-order valence-corrected chi connectivity index (χ4v) is 0. The Hall–Kier alpha value is 0.662. The van der Waals surface area contributed by atoms with E-state index in [1.807, 2.05) is 6.08 Å². The van der Waals surface area contributed by atoms with E-state index in [2.05, 4.69) is 13.5 Å². The molecule has 0 saturated heterocycles. The molecule has 0 bridgehead atoms. The van der Waals surface area contributed by atoms with Crippen LogP contribution in [0.4, 0.5) is 0 Å². The number of allylic oxidation sites excluding steroid dienone is 1. The molecule has 0 nitrogen and oxygen atoms in total. The predicted molar refractivity (Wildman–Crippen MR) is 29.0 cm³/mol. The zero-order valence-corrected chi connectivity index (χ0v) is 9.20. The van der Waals surface area contributed by atoms with Gasteiger partial charge in [0.05, 0.1) is 0 Å². The summed E-state index contributed by atoms with van der Waals surface area (Å²) in [6.07, 6.45) is 2.96. The van der Waals surface area contributed by atoms with Crippen molar-refractivity contribution < 1.29 is 0 Å². The van der Waals surface area contributed by atoms with Crippen molar-refractivity contribution in [3.05, 3.63) is 12.7 Å². The third-order valence-corrected chi connectivity index (χ3v) is 0.289. The molecule has 0 unspecified atom stereocenters. The van der Waals surface area contributed by atoms with E-state index in [0.717, 1.165) is 6.42 Å². The second-order valence-corrected chi connectivity index (χ2v) is 0.697. The molecule has 5 heavy (non-hydrogen) atoms. The van der Waals surface area contributed by atoms with Crippen LogP contribution in [0.15, 0.2) is 12.7 Å². The molecule has 1 heteroatoms. The van der Waals surface area contributed by atoms with Gasteiger partial charge in [0.1, 0.15) is 0 Å². The van der Waals surface area contributed by atoms with Crippen LogP contribution in [0.1, 0.15) is 13.3 Å². The van der Waals surface area contributed by atoms with Crippen LogP contribution in [0.3, 0.4) is 0 Å². The molecular formula is C4H10Pb. The maximum atomic E-state index is 3.48. The molecule has 0 N–H and O–H groups in total. The summed E-state index contributed by atoms with van der Waals surface area (Å²) < 4.78 is 0. The van der Waals surface area contributed by atoms with E-state index in [0.29, 0.717) is 0 Å². The van der Waals surface area contributed by atoms with Gasteiger partial charge in [-0.25, -0.2) is 0 Å². The van der Waals surface area contributed by atoms with E-state index >= 15 is 0 Å². The van der Waals surface area contributed by atoms with Crippen molar-refractivity contribution in [1.82, 2.24) is 0 Å². The van der Waals surface area contributed by atoms with Crippen molar-refractivity contribution in [1.29, 1.82) is 0 Å². The van der Waals surface area contributed by atoms with Crippen LogP contribution in [0.2, 0.25) is 0 Å². The minimum absolute atomic E-state index is 0. The molecule has 0 aromatic heterocycles. The summed E-state index contributed by atoms with van der Waals surface area (Å²) in [6, 6.07) is 0. The van der Waals surface area contributed by atoms with Crippen LogP contribution in [0.25, 0.3) is 0 Å². The zero-order valence-electron chi connectivity index (χ0n) is 3.70. The predicted octanol–water partition coefficient (Wildman–Crippen LogP) is 0.666. The van der Waals surface area contributed by atoms with Crippen molar-refractivity contribution >= 4 is 27.3 Å². The Bertz CT molecular complexity index is 17.6. The number of hydrogen-bond acceptors (Lipinski definition) is 0. The Morgan fingerprint density at radius 2 is 2.00 bits per heavy atom. The quantitative estimate of drug-likeness (QED) is 0.483. The molecule has 0 rings (SSSR count). The average molecular weight is 265 g/mol. The SMILES string of the molecule is C=CCC.[PbH2]. The summed E-state index contributed by atoms with van der Waals surface area (Å²) in [5.41, 5.74) is 0. The Labute approximate surface area is 53.4 Å². The van der Waals surface area contributed by atoms with E-state index in [4.69, 9.17) is 0 Å². The molecule has 0 amide bonds. The van der Waals surface area contributed by atoms with E-state index < -0.39 is 0 Å². The monoisotopic (exact) mass is 266 g/mol. The third kappa shape index (κ3) is 12.0. The van der Waals surface area contributed by atoms with Crippen LogP contribution < -0.4 is 0 Å². The summed E-state index contributed by atoms with van der Waals surface area (Å²) in [5.74, 6) is 0. The molecule has 0 saturated carbocycles. The van der Waals surface area contributed by atoms with Gasteiger partial charge in [0.15, 0.2) is 0 Å². The second-order valence-electron chi connectivity index (χ2n) is 0.697. The van der Waals surface area contributed by atoms with Gasteiger partial charge >= 0.3 is 27.3 Å². The average Bonchev–Trinajstić information content (AvgIpc) is 1.37. The van der Waals surface area contributed by atoms with Gasteiger partial charge in [-0.15, -0.1) is 6.58 Å². The molecule has 0 spiro atoms. The number of rotatable bonds is 1. The van der Waals surface area contributed by atoms with Gasteiger partial charge in [0, 0.05) is 0 Å². The molecule has 2 radical (unpaired) electrons. The number of hydrogen-bond donors (Lipinski definition) is 0. The standard InChI is InChI=1S/C4H8.Pb.2H/c1-3-4-2;;;/h3H,1,4H2,2H3;;;. The van der Waals surface area contributed by atoms with Crippen molar-refractivity contribution in [3.63, 3.8) is 0 Å². The van der Waals surface area contributed by atoms with Gasteiger partial charge in [-0.1, -0.05) is 13.0 Å².